The number of ether oxygens (including phenoxy) is 3. The average Bonchev–Trinajstić information content (AvgIpc) is 2.86. The molecule has 1 aromatic heterocycles. The highest BCUT2D eigenvalue weighted by Crippen LogP contribution is 2.48. The summed E-state index contributed by atoms with van der Waals surface area (Å²) in [7, 11) is 2.50. The van der Waals surface area contributed by atoms with E-state index in [1.807, 2.05) is 45.0 Å². The molecule has 2 heterocycles. The number of halogens is 2. The predicted molar refractivity (Wildman–Crippen MR) is 142 cm³/mol. The summed E-state index contributed by atoms with van der Waals surface area (Å²) in [5, 5.41) is 5.29. The van der Waals surface area contributed by atoms with Crippen LogP contribution in [0.5, 0.6) is 5.75 Å². The van der Waals surface area contributed by atoms with Gasteiger partial charge < -0.3 is 19.5 Å². The number of fused-ring (bicyclic) bond motifs is 7. The minimum Gasteiger partial charge on any atom is -0.468 e. The molecule has 190 valence electrons. The molecule has 0 spiro atoms. The van der Waals surface area contributed by atoms with E-state index in [0.29, 0.717) is 48.8 Å². The summed E-state index contributed by atoms with van der Waals surface area (Å²) in [4.78, 5) is 36.2. The molecule has 1 aliphatic heterocycles. The van der Waals surface area contributed by atoms with E-state index in [4.69, 9.17) is 47.4 Å². The van der Waals surface area contributed by atoms with Crippen LogP contribution in [-0.2, 0) is 19.1 Å². The van der Waals surface area contributed by atoms with E-state index in [1.165, 1.54) is 14.2 Å². The fraction of sp³-hybridized carbons (Fsp3) is 0.259. The van der Waals surface area contributed by atoms with E-state index in [0.717, 1.165) is 5.39 Å². The van der Waals surface area contributed by atoms with Crippen molar-refractivity contribution in [2.45, 2.75) is 32.2 Å². The largest absolute Gasteiger partial charge is 0.468 e. The van der Waals surface area contributed by atoms with Crippen LogP contribution in [0.2, 0.25) is 10.0 Å². The average molecular weight is 540 g/mol. The first-order chi connectivity index (χ1) is 17.5. The molecule has 1 N–H and O–H groups in total. The van der Waals surface area contributed by atoms with Crippen molar-refractivity contribution in [2.24, 2.45) is 0 Å². The number of carbonyl (C=O) groups is 2. The number of nitrogens with zero attached hydrogens (tertiary/aromatic N) is 2. The molecule has 0 radical (unpaired) electrons. The smallest absolute Gasteiger partial charge is 0.340 e. The van der Waals surface area contributed by atoms with Gasteiger partial charge in [0.25, 0.3) is 0 Å². The summed E-state index contributed by atoms with van der Waals surface area (Å²) < 4.78 is 16.7. The molecule has 0 aliphatic carbocycles. The number of carbonyl (C=O) groups excluding carboxylic acids is 2. The van der Waals surface area contributed by atoms with Crippen LogP contribution >= 0.6 is 23.2 Å². The van der Waals surface area contributed by atoms with Gasteiger partial charge in [0.2, 0.25) is 5.88 Å². The molecule has 5 rings (SSSR count). The van der Waals surface area contributed by atoms with E-state index in [9.17, 15) is 9.59 Å². The first-order valence-electron chi connectivity index (χ1n) is 11.4. The third-order valence-corrected chi connectivity index (χ3v) is 6.71. The maximum absolute atomic E-state index is 13.4. The minimum atomic E-state index is -1.20. The van der Waals surface area contributed by atoms with Crippen LogP contribution in [0.1, 0.15) is 32.3 Å². The molecule has 37 heavy (non-hydrogen) atoms. The quantitative estimate of drug-likeness (QED) is 0.202. The van der Waals surface area contributed by atoms with Crippen LogP contribution in [0.4, 0.5) is 0 Å². The number of rotatable bonds is 3. The van der Waals surface area contributed by atoms with Crippen molar-refractivity contribution in [2.75, 3.05) is 14.2 Å². The van der Waals surface area contributed by atoms with E-state index < -0.39 is 23.4 Å². The fourth-order valence-corrected chi connectivity index (χ4v) is 4.80. The van der Waals surface area contributed by atoms with Crippen molar-refractivity contribution >= 4 is 68.0 Å². The highest BCUT2D eigenvalue weighted by atomic mass is 35.5. The van der Waals surface area contributed by atoms with Crippen molar-refractivity contribution in [3.05, 3.63) is 63.5 Å². The highest BCUT2D eigenvalue weighted by Gasteiger charge is 2.44. The van der Waals surface area contributed by atoms with Gasteiger partial charge in [-0.3, -0.25) is 4.79 Å². The first-order valence-corrected chi connectivity index (χ1v) is 12.2. The summed E-state index contributed by atoms with van der Waals surface area (Å²) in [6.45, 7) is 5.73. The molecule has 0 amide bonds. The van der Waals surface area contributed by atoms with E-state index in [-0.39, 0.29) is 11.5 Å². The van der Waals surface area contributed by atoms with Gasteiger partial charge in [-0.05, 0) is 32.9 Å². The molecular formula is C27H23Cl2N3O5. The van der Waals surface area contributed by atoms with Crippen LogP contribution in [0.3, 0.4) is 0 Å². The Morgan fingerprint density at radius 2 is 1.54 bits per heavy atom. The third-order valence-electron chi connectivity index (χ3n) is 5.99. The normalized spacial score (nSPS) is 15.5. The summed E-state index contributed by atoms with van der Waals surface area (Å²) in [5.41, 5.74) is 1.68. The van der Waals surface area contributed by atoms with Crippen LogP contribution in [0.15, 0.2) is 47.9 Å². The SMILES string of the molecule is COC(=O)C1=C(NC(C)(C)C)Oc2c(c3nc4cc(Cl)c(Cl)cc4nc3c3ccccc23)C1C(=O)OC. The molecule has 1 atom stereocenters. The van der Waals surface area contributed by atoms with Gasteiger partial charge in [0.1, 0.15) is 17.2 Å². The Labute approximate surface area is 222 Å². The molecule has 1 aliphatic rings. The fourth-order valence-electron chi connectivity index (χ4n) is 4.49. The lowest BCUT2D eigenvalue weighted by Gasteiger charge is -2.33. The van der Waals surface area contributed by atoms with Crippen molar-refractivity contribution in [1.29, 1.82) is 0 Å². The van der Waals surface area contributed by atoms with Gasteiger partial charge in [-0.25, -0.2) is 14.8 Å². The topological polar surface area (TPSA) is 99.6 Å². The minimum absolute atomic E-state index is 0.0237. The Morgan fingerprint density at radius 3 is 2.11 bits per heavy atom. The lowest BCUT2D eigenvalue weighted by molar-refractivity contribution is -0.145. The zero-order valence-corrected chi connectivity index (χ0v) is 22.2. The molecule has 1 unspecified atom stereocenters. The summed E-state index contributed by atoms with van der Waals surface area (Å²) in [6.07, 6.45) is 0. The number of methoxy groups -OCH3 is 2. The van der Waals surface area contributed by atoms with Crippen LogP contribution in [0.25, 0.3) is 32.8 Å². The number of aromatic nitrogens is 2. The predicted octanol–water partition coefficient (Wildman–Crippen LogP) is 5.66. The van der Waals surface area contributed by atoms with Crippen LogP contribution in [-0.4, -0.2) is 41.7 Å². The number of esters is 2. The molecular weight excluding hydrogens is 517 g/mol. The lowest BCUT2D eigenvalue weighted by Crippen LogP contribution is -2.41. The maximum Gasteiger partial charge on any atom is 0.340 e. The maximum atomic E-state index is 13.4. The molecule has 8 nitrogen and oxygen atoms in total. The van der Waals surface area contributed by atoms with Crippen molar-refractivity contribution < 1.29 is 23.8 Å². The van der Waals surface area contributed by atoms with Crippen LogP contribution in [0, 0.1) is 0 Å². The number of benzene rings is 3. The summed E-state index contributed by atoms with van der Waals surface area (Å²) in [6, 6.07) is 10.7. The monoisotopic (exact) mass is 539 g/mol. The van der Waals surface area contributed by atoms with Gasteiger partial charge in [0, 0.05) is 21.9 Å². The molecule has 3 aromatic carbocycles. The second-order valence-corrected chi connectivity index (χ2v) is 10.4. The van der Waals surface area contributed by atoms with E-state index in [1.54, 1.807) is 12.1 Å². The number of hydrogen-bond donors (Lipinski definition) is 1. The van der Waals surface area contributed by atoms with Crippen molar-refractivity contribution in [3.63, 3.8) is 0 Å². The van der Waals surface area contributed by atoms with E-state index >= 15 is 0 Å². The second kappa shape index (κ2) is 9.04. The highest BCUT2D eigenvalue weighted by molar-refractivity contribution is 6.42. The molecule has 0 saturated carbocycles. The molecule has 0 fully saturated rings. The standard InChI is InChI=1S/C27H23Cl2N3O5/c1-27(2,3)32-24-20(26(34)36-5)18(25(33)35-4)19-22-21(12-8-6-7-9-13(12)23(19)37-24)30-16-10-14(28)15(29)11-17(16)31-22/h6-11,18,32H,1-5H3. The second-order valence-electron chi connectivity index (χ2n) is 9.63. The number of nitrogens with one attached hydrogen (secondary N) is 1. The Bertz CT molecular complexity index is 1660. The van der Waals surface area contributed by atoms with Gasteiger partial charge in [0.05, 0.1) is 46.3 Å². The molecule has 0 bridgehead atoms. The molecule has 10 heteroatoms. The zero-order chi connectivity index (χ0) is 26.6. The Balaban J connectivity index is 1.96. The van der Waals surface area contributed by atoms with E-state index in [2.05, 4.69) is 5.32 Å². The molecule has 4 aromatic rings. The van der Waals surface area contributed by atoms with Gasteiger partial charge in [0.15, 0.2) is 0 Å². The van der Waals surface area contributed by atoms with Gasteiger partial charge in [-0.15, -0.1) is 0 Å². The summed E-state index contributed by atoms with van der Waals surface area (Å²) >= 11 is 12.5. The van der Waals surface area contributed by atoms with Gasteiger partial charge in [-0.2, -0.15) is 0 Å². The van der Waals surface area contributed by atoms with Crippen molar-refractivity contribution in [1.82, 2.24) is 15.3 Å². The lowest BCUT2D eigenvalue weighted by atomic mass is 9.85. The molecule has 0 saturated heterocycles. The Morgan fingerprint density at radius 1 is 0.946 bits per heavy atom. The third kappa shape index (κ3) is 4.20. The number of hydrogen-bond acceptors (Lipinski definition) is 8. The summed E-state index contributed by atoms with van der Waals surface area (Å²) in [5.74, 6) is -2.14. The van der Waals surface area contributed by atoms with Crippen molar-refractivity contribution in [3.8, 4) is 5.75 Å². The Kier molecular flexibility index (Phi) is 6.12. The van der Waals surface area contributed by atoms with Gasteiger partial charge in [-0.1, -0.05) is 47.5 Å². The first kappa shape index (κ1) is 25.0. The van der Waals surface area contributed by atoms with Crippen LogP contribution < -0.4 is 10.1 Å². The van der Waals surface area contributed by atoms with Gasteiger partial charge >= 0.3 is 11.9 Å². The Hall–Kier alpha value is -3.62. The zero-order valence-electron chi connectivity index (χ0n) is 20.7.